The van der Waals surface area contributed by atoms with Crippen molar-refractivity contribution in [3.8, 4) is 0 Å². The zero-order valence-electron chi connectivity index (χ0n) is 12.7. The lowest BCUT2D eigenvalue weighted by Gasteiger charge is -2.19. The number of hydrogen-bond donors (Lipinski definition) is 0. The molecule has 2 heterocycles. The van der Waals surface area contributed by atoms with E-state index in [2.05, 4.69) is 5.16 Å². The molecule has 0 radical (unpaired) electrons. The van der Waals surface area contributed by atoms with E-state index in [1.165, 1.54) is 12.1 Å². The number of rotatable bonds is 5. The smallest absolute Gasteiger partial charge is 0.266 e. The van der Waals surface area contributed by atoms with Gasteiger partial charge >= 0.3 is 0 Å². The maximum absolute atomic E-state index is 13.2. The van der Waals surface area contributed by atoms with Crippen LogP contribution in [0.25, 0.3) is 0 Å². The Morgan fingerprint density at radius 2 is 2.30 bits per heavy atom. The van der Waals surface area contributed by atoms with Crippen LogP contribution in [0.5, 0.6) is 0 Å². The molecule has 0 fully saturated rings. The first-order chi connectivity index (χ1) is 11.1. The maximum atomic E-state index is 13.2. The number of benzene rings is 1. The minimum absolute atomic E-state index is 0.0867. The van der Waals surface area contributed by atoms with Crippen LogP contribution in [0.3, 0.4) is 0 Å². The molecule has 23 heavy (non-hydrogen) atoms. The van der Waals surface area contributed by atoms with Crippen molar-refractivity contribution in [2.75, 3.05) is 7.05 Å². The lowest BCUT2D eigenvalue weighted by Crippen LogP contribution is -2.36. The average Bonchev–Trinajstić information content (AvgIpc) is 3.18. The first-order valence-electron chi connectivity index (χ1n) is 7.35. The van der Waals surface area contributed by atoms with E-state index in [4.69, 9.17) is 4.84 Å². The van der Waals surface area contributed by atoms with E-state index in [0.29, 0.717) is 19.4 Å². The zero-order chi connectivity index (χ0) is 16.2. The average molecular weight is 332 g/mol. The Balaban J connectivity index is 1.54. The third-order valence-electron chi connectivity index (χ3n) is 3.65. The Bertz CT molecular complexity index is 715. The van der Waals surface area contributed by atoms with Gasteiger partial charge in [-0.2, -0.15) is 0 Å². The minimum atomic E-state index is -0.580. The molecule has 1 unspecified atom stereocenters. The number of hydrogen-bond acceptors (Lipinski definition) is 4. The van der Waals surface area contributed by atoms with Crippen LogP contribution in [0.2, 0.25) is 0 Å². The first kappa shape index (κ1) is 15.7. The highest BCUT2D eigenvalue weighted by Crippen LogP contribution is 2.18. The monoisotopic (exact) mass is 332 g/mol. The lowest BCUT2D eigenvalue weighted by molar-refractivity contribution is -0.141. The van der Waals surface area contributed by atoms with Crippen molar-refractivity contribution < 1.29 is 14.0 Å². The summed E-state index contributed by atoms with van der Waals surface area (Å²) in [7, 11) is 1.76. The number of oxime groups is 1. The molecule has 0 N–H and O–H groups in total. The summed E-state index contributed by atoms with van der Waals surface area (Å²) in [4.78, 5) is 20.4. The van der Waals surface area contributed by atoms with Gasteiger partial charge in [0.1, 0.15) is 5.82 Å². The fourth-order valence-corrected chi connectivity index (χ4v) is 3.26. The van der Waals surface area contributed by atoms with Gasteiger partial charge in [-0.1, -0.05) is 23.4 Å². The number of amides is 1. The van der Waals surface area contributed by atoms with Gasteiger partial charge in [0.15, 0.2) is 0 Å². The fraction of sp³-hybridized carbons (Fsp3) is 0.294. The topological polar surface area (TPSA) is 41.9 Å². The molecule has 1 amide bonds. The maximum Gasteiger partial charge on any atom is 0.266 e. The number of carbonyl (C=O) groups is 1. The molecule has 4 nitrogen and oxygen atoms in total. The van der Waals surface area contributed by atoms with Crippen LogP contribution < -0.4 is 0 Å². The van der Waals surface area contributed by atoms with Gasteiger partial charge in [0.05, 0.1) is 12.3 Å². The summed E-state index contributed by atoms with van der Waals surface area (Å²) in [6.07, 6.45) is 0.365. The third-order valence-corrected chi connectivity index (χ3v) is 4.51. The number of carbonyl (C=O) groups excluding carboxylic acids is 1. The van der Waals surface area contributed by atoms with Gasteiger partial charge in [-0.25, -0.2) is 4.39 Å². The molecule has 0 bridgehead atoms. The van der Waals surface area contributed by atoms with Crippen molar-refractivity contribution in [2.24, 2.45) is 5.16 Å². The summed E-state index contributed by atoms with van der Waals surface area (Å²) in [5.74, 6) is -0.360. The van der Waals surface area contributed by atoms with E-state index >= 15 is 0 Å². The molecule has 0 saturated heterocycles. The second kappa shape index (κ2) is 6.91. The highest BCUT2D eigenvalue weighted by molar-refractivity contribution is 7.09. The van der Waals surface area contributed by atoms with Crippen LogP contribution >= 0.6 is 11.3 Å². The van der Waals surface area contributed by atoms with Gasteiger partial charge in [-0.15, -0.1) is 11.3 Å². The summed E-state index contributed by atoms with van der Waals surface area (Å²) >= 11 is 1.62. The molecule has 1 atom stereocenters. The second-order valence-electron chi connectivity index (χ2n) is 5.54. The van der Waals surface area contributed by atoms with Gasteiger partial charge < -0.3 is 9.74 Å². The van der Waals surface area contributed by atoms with E-state index in [0.717, 1.165) is 16.2 Å². The van der Waals surface area contributed by atoms with Crippen LogP contribution in [0.4, 0.5) is 4.39 Å². The Kier molecular flexibility index (Phi) is 4.71. The fourth-order valence-electron chi connectivity index (χ4n) is 2.51. The third kappa shape index (κ3) is 3.96. The standard InChI is InChI=1S/C17H17FN2O2S/c1-20(11-15-6-3-7-23-15)17(21)16-10-14(19-22-16)9-12-4-2-5-13(18)8-12/h2-8,16H,9-11H2,1H3. The quantitative estimate of drug-likeness (QED) is 0.843. The highest BCUT2D eigenvalue weighted by Gasteiger charge is 2.30. The summed E-state index contributed by atoms with van der Waals surface area (Å²) < 4.78 is 13.2. The molecule has 3 rings (SSSR count). The number of halogens is 1. The summed E-state index contributed by atoms with van der Waals surface area (Å²) in [6, 6.07) is 10.3. The predicted molar refractivity (Wildman–Crippen MR) is 87.8 cm³/mol. The van der Waals surface area contributed by atoms with Crippen molar-refractivity contribution in [3.05, 3.63) is 58.0 Å². The van der Waals surface area contributed by atoms with Crippen LogP contribution in [-0.2, 0) is 22.6 Å². The Labute approximate surface area is 138 Å². The number of thiophene rings is 1. The summed E-state index contributed by atoms with van der Waals surface area (Å²) in [5, 5.41) is 5.98. The van der Waals surface area contributed by atoms with Crippen molar-refractivity contribution >= 4 is 23.0 Å². The molecule has 1 aromatic carbocycles. The van der Waals surface area contributed by atoms with Gasteiger partial charge in [-0.3, -0.25) is 4.79 Å². The van der Waals surface area contributed by atoms with Crippen LogP contribution in [0.15, 0.2) is 46.9 Å². The molecule has 0 aliphatic carbocycles. The highest BCUT2D eigenvalue weighted by atomic mass is 32.1. The first-order valence-corrected chi connectivity index (χ1v) is 8.23. The second-order valence-corrected chi connectivity index (χ2v) is 6.57. The van der Waals surface area contributed by atoms with Gasteiger partial charge in [0, 0.05) is 24.8 Å². The van der Waals surface area contributed by atoms with Crippen molar-refractivity contribution in [2.45, 2.75) is 25.5 Å². The molecule has 0 saturated carbocycles. The molecular weight excluding hydrogens is 315 g/mol. The van der Waals surface area contributed by atoms with Crippen molar-refractivity contribution in [3.63, 3.8) is 0 Å². The van der Waals surface area contributed by atoms with E-state index in [1.54, 1.807) is 29.4 Å². The van der Waals surface area contributed by atoms with Crippen LogP contribution in [-0.4, -0.2) is 29.7 Å². The largest absolute Gasteiger partial charge is 0.382 e. The van der Waals surface area contributed by atoms with E-state index in [9.17, 15) is 9.18 Å². The van der Waals surface area contributed by atoms with Crippen LogP contribution in [0, 0.1) is 5.82 Å². The van der Waals surface area contributed by atoms with Crippen LogP contribution in [0.1, 0.15) is 16.9 Å². The summed E-state index contributed by atoms with van der Waals surface area (Å²) in [5.41, 5.74) is 1.59. The molecular formula is C17H17FN2O2S. The van der Waals surface area contributed by atoms with Gasteiger partial charge in [-0.05, 0) is 29.1 Å². The normalized spacial score (nSPS) is 16.8. The predicted octanol–water partition coefficient (Wildman–Crippen LogP) is 3.23. The summed E-state index contributed by atoms with van der Waals surface area (Å²) in [6.45, 7) is 0.565. The molecule has 1 aliphatic heterocycles. The molecule has 120 valence electrons. The van der Waals surface area contributed by atoms with Gasteiger partial charge in [0.25, 0.3) is 5.91 Å². The SMILES string of the molecule is CN(Cc1cccs1)C(=O)C1CC(Cc2cccc(F)c2)=NO1. The lowest BCUT2D eigenvalue weighted by atomic mass is 10.0. The van der Waals surface area contributed by atoms with E-state index < -0.39 is 6.10 Å². The Morgan fingerprint density at radius 1 is 1.43 bits per heavy atom. The molecule has 0 spiro atoms. The van der Waals surface area contributed by atoms with Crippen molar-refractivity contribution in [1.29, 1.82) is 0 Å². The minimum Gasteiger partial charge on any atom is -0.382 e. The van der Waals surface area contributed by atoms with Crippen molar-refractivity contribution in [1.82, 2.24) is 4.90 Å². The zero-order valence-corrected chi connectivity index (χ0v) is 13.6. The molecule has 2 aromatic rings. The number of likely N-dealkylation sites (N-methyl/N-ethyl adjacent to an activating group) is 1. The Hall–Kier alpha value is -2.21. The number of nitrogens with zero attached hydrogens (tertiary/aromatic N) is 2. The molecule has 1 aliphatic rings. The molecule has 6 heteroatoms. The molecule has 1 aromatic heterocycles. The Morgan fingerprint density at radius 3 is 3.04 bits per heavy atom. The van der Waals surface area contributed by atoms with E-state index in [-0.39, 0.29) is 11.7 Å². The van der Waals surface area contributed by atoms with E-state index in [1.807, 2.05) is 23.6 Å². The van der Waals surface area contributed by atoms with Gasteiger partial charge in [0.2, 0.25) is 6.10 Å².